The zero-order valence-electron chi connectivity index (χ0n) is 14.6. The Hall–Kier alpha value is -2.05. The molecule has 0 atom stereocenters. The Balaban J connectivity index is 1.68. The summed E-state index contributed by atoms with van der Waals surface area (Å²) in [5, 5.41) is 13.6. The van der Waals surface area contributed by atoms with E-state index >= 15 is 0 Å². The van der Waals surface area contributed by atoms with Crippen LogP contribution in [0.25, 0.3) is 0 Å². The molecule has 1 aromatic heterocycles. The smallest absolute Gasteiger partial charge is 0.161 e. The first-order valence-electron chi connectivity index (χ1n) is 8.29. The number of hydrogen-bond acceptors (Lipinski definition) is 5. The highest BCUT2D eigenvalue weighted by atomic mass is 16.6. The van der Waals surface area contributed by atoms with Crippen molar-refractivity contribution in [3.63, 3.8) is 0 Å². The van der Waals surface area contributed by atoms with Crippen molar-refractivity contribution in [1.82, 2.24) is 14.7 Å². The molecule has 24 heavy (non-hydrogen) atoms. The molecule has 1 N–H and O–H groups in total. The summed E-state index contributed by atoms with van der Waals surface area (Å²) >= 11 is 0. The maximum Gasteiger partial charge on any atom is 0.161 e. The lowest BCUT2D eigenvalue weighted by atomic mass is 10.1. The van der Waals surface area contributed by atoms with E-state index in [-0.39, 0.29) is 6.61 Å². The molecule has 0 spiro atoms. The Morgan fingerprint density at radius 3 is 2.67 bits per heavy atom. The first kappa shape index (κ1) is 16.8. The van der Waals surface area contributed by atoms with Gasteiger partial charge in [-0.05, 0) is 38.6 Å². The van der Waals surface area contributed by atoms with Crippen LogP contribution in [-0.4, -0.2) is 46.7 Å². The molecule has 1 aliphatic rings. The zero-order chi connectivity index (χ0) is 17.1. The summed E-state index contributed by atoms with van der Waals surface area (Å²) in [4.78, 5) is 2.26. The molecular weight excluding hydrogens is 306 g/mol. The van der Waals surface area contributed by atoms with E-state index in [0.29, 0.717) is 19.8 Å². The van der Waals surface area contributed by atoms with Crippen LogP contribution in [0, 0.1) is 13.8 Å². The molecule has 0 amide bonds. The van der Waals surface area contributed by atoms with E-state index in [9.17, 15) is 0 Å². The Labute approximate surface area is 142 Å². The average molecular weight is 331 g/mol. The van der Waals surface area contributed by atoms with Crippen molar-refractivity contribution < 1.29 is 14.6 Å². The number of fused-ring (bicyclic) bond motifs is 1. The fraction of sp³-hybridized carbons (Fsp3) is 0.500. The van der Waals surface area contributed by atoms with Crippen LogP contribution in [0.4, 0.5) is 0 Å². The second kappa shape index (κ2) is 7.23. The largest absolute Gasteiger partial charge is 0.486 e. The van der Waals surface area contributed by atoms with Crippen molar-refractivity contribution in [2.24, 2.45) is 0 Å². The maximum absolute atomic E-state index is 9.12. The molecule has 2 heterocycles. The van der Waals surface area contributed by atoms with Crippen molar-refractivity contribution in [3.8, 4) is 11.5 Å². The number of rotatable bonds is 6. The lowest BCUT2D eigenvalue weighted by Gasteiger charge is -2.21. The molecule has 3 rings (SSSR count). The van der Waals surface area contributed by atoms with Crippen molar-refractivity contribution in [1.29, 1.82) is 0 Å². The molecule has 0 aliphatic carbocycles. The predicted octanol–water partition coefficient (Wildman–Crippen LogP) is 1.90. The third kappa shape index (κ3) is 3.55. The Kier molecular flexibility index (Phi) is 5.06. The highest BCUT2D eigenvalue weighted by Gasteiger charge is 2.15. The minimum absolute atomic E-state index is 0.106. The molecule has 6 heteroatoms. The second-order valence-corrected chi connectivity index (χ2v) is 6.25. The van der Waals surface area contributed by atoms with Crippen LogP contribution >= 0.6 is 0 Å². The lowest BCUT2D eigenvalue weighted by molar-refractivity contribution is 0.171. The quantitative estimate of drug-likeness (QED) is 0.876. The third-order valence-electron chi connectivity index (χ3n) is 4.33. The van der Waals surface area contributed by atoms with Gasteiger partial charge < -0.3 is 14.6 Å². The van der Waals surface area contributed by atoms with Gasteiger partial charge in [0.1, 0.15) is 13.2 Å². The van der Waals surface area contributed by atoms with Gasteiger partial charge in [-0.15, -0.1) is 0 Å². The maximum atomic E-state index is 9.12. The van der Waals surface area contributed by atoms with Crippen molar-refractivity contribution >= 4 is 0 Å². The van der Waals surface area contributed by atoms with E-state index in [1.165, 1.54) is 11.1 Å². The molecule has 6 nitrogen and oxygen atoms in total. The van der Waals surface area contributed by atoms with Gasteiger partial charge in [-0.25, -0.2) is 0 Å². The van der Waals surface area contributed by atoms with Gasteiger partial charge in [-0.3, -0.25) is 9.58 Å². The SMILES string of the molecule is Cc1nn(CCO)c(C)c1CN(C)Cc1ccc2c(c1)OCCO2. The van der Waals surface area contributed by atoms with E-state index in [1.54, 1.807) is 0 Å². The lowest BCUT2D eigenvalue weighted by Crippen LogP contribution is -2.19. The number of nitrogens with zero attached hydrogens (tertiary/aromatic N) is 3. The standard InChI is InChI=1S/C18H25N3O3/c1-13-16(14(2)21(19-13)6-7-22)12-20(3)11-15-4-5-17-18(10-15)24-9-8-23-17/h4-5,10,22H,6-9,11-12H2,1-3H3. The van der Waals surface area contributed by atoms with E-state index < -0.39 is 0 Å². The molecule has 0 fully saturated rings. The number of benzene rings is 1. The molecule has 0 bridgehead atoms. The summed E-state index contributed by atoms with van der Waals surface area (Å²) in [5.74, 6) is 1.65. The second-order valence-electron chi connectivity index (χ2n) is 6.25. The first-order chi connectivity index (χ1) is 11.6. The topological polar surface area (TPSA) is 59.8 Å². The van der Waals surface area contributed by atoms with Gasteiger partial charge >= 0.3 is 0 Å². The van der Waals surface area contributed by atoms with Gasteiger partial charge in [-0.2, -0.15) is 5.10 Å². The van der Waals surface area contributed by atoms with Crippen LogP contribution in [0.3, 0.4) is 0 Å². The van der Waals surface area contributed by atoms with Crippen LogP contribution < -0.4 is 9.47 Å². The van der Waals surface area contributed by atoms with E-state index in [0.717, 1.165) is 36.0 Å². The van der Waals surface area contributed by atoms with Crippen LogP contribution in [0.2, 0.25) is 0 Å². The summed E-state index contributed by atoms with van der Waals surface area (Å²) in [5.41, 5.74) is 4.56. The number of aryl methyl sites for hydroxylation is 1. The molecule has 1 aromatic carbocycles. The fourth-order valence-electron chi connectivity index (χ4n) is 3.10. The summed E-state index contributed by atoms with van der Waals surface area (Å²) in [6.07, 6.45) is 0. The molecule has 0 saturated heterocycles. The van der Waals surface area contributed by atoms with Crippen LogP contribution in [-0.2, 0) is 19.6 Å². The summed E-state index contributed by atoms with van der Waals surface area (Å²) in [6, 6.07) is 6.12. The van der Waals surface area contributed by atoms with E-state index in [2.05, 4.69) is 36.1 Å². The number of ether oxygens (including phenoxy) is 2. The Morgan fingerprint density at radius 1 is 1.17 bits per heavy atom. The van der Waals surface area contributed by atoms with E-state index in [4.69, 9.17) is 14.6 Å². The Bertz CT molecular complexity index is 712. The van der Waals surface area contributed by atoms with Crippen LogP contribution in [0.1, 0.15) is 22.5 Å². The monoisotopic (exact) mass is 331 g/mol. The predicted molar refractivity (Wildman–Crippen MR) is 91.4 cm³/mol. The Morgan fingerprint density at radius 2 is 1.92 bits per heavy atom. The third-order valence-corrected chi connectivity index (χ3v) is 4.33. The van der Waals surface area contributed by atoms with Crippen molar-refractivity contribution in [2.75, 3.05) is 26.9 Å². The minimum atomic E-state index is 0.106. The highest BCUT2D eigenvalue weighted by Crippen LogP contribution is 2.31. The summed E-state index contributed by atoms with van der Waals surface area (Å²) in [6.45, 7) is 7.58. The number of aliphatic hydroxyl groups is 1. The van der Waals surface area contributed by atoms with Gasteiger partial charge in [0, 0.05) is 24.3 Å². The molecule has 130 valence electrons. The average Bonchev–Trinajstić information content (AvgIpc) is 2.83. The summed E-state index contributed by atoms with van der Waals surface area (Å²) in [7, 11) is 2.10. The van der Waals surface area contributed by atoms with E-state index in [1.807, 2.05) is 17.7 Å². The zero-order valence-corrected chi connectivity index (χ0v) is 14.6. The van der Waals surface area contributed by atoms with Gasteiger partial charge in [0.2, 0.25) is 0 Å². The first-order valence-corrected chi connectivity index (χ1v) is 8.29. The van der Waals surface area contributed by atoms with Gasteiger partial charge in [0.15, 0.2) is 11.5 Å². The van der Waals surface area contributed by atoms with Crippen molar-refractivity contribution in [2.45, 2.75) is 33.5 Å². The number of aromatic nitrogens is 2. The normalized spacial score (nSPS) is 13.5. The number of hydrogen-bond donors (Lipinski definition) is 1. The molecule has 0 unspecified atom stereocenters. The fourth-order valence-corrected chi connectivity index (χ4v) is 3.10. The van der Waals surface area contributed by atoms with Gasteiger partial charge in [0.25, 0.3) is 0 Å². The summed E-state index contributed by atoms with van der Waals surface area (Å²) < 4.78 is 13.1. The van der Waals surface area contributed by atoms with Crippen LogP contribution in [0.15, 0.2) is 18.2 Å². The molecule has 0 radical (unpaired) electrons. The molecule has 1 aliphatic heterocycles. The molecular formula is C18H25N3O3. The minimum Gasteiger partial charge on any atom is -0.486 e. The van der Waals surface area contributed by atoms with Crippen molar-refractivity contribution in [3.05, 3.63) is 40.7 Å². The van der Waals surface area contributed by atoms with Gasteiger partial charge in [0.05, 0.1) is 18.8 Å². The van der Waals surface area contributed by atoms with Crippen LogP contribution in [0.5, 0.6) is 11.5 Å². The highest BCUT2D eigenvalue weighted by molar-refractivity contribution is 5.43. The molecule has 0 saturated carbocycles. The van der Waals surface area contributed by atoms with Gasteiger partial charge in [-0.1, -0.05) is 6.07 Å². The molecule has 2 aromatic rings. The number of aliphatic hydroxyl groups excluding tert-OH is 1.